The second-order valence-corrected chi connectivity index (χ2v) is 6.09. The van der Waals surface area contributed by atoms with Gasteiger partial charge in [-0.15, -0.1) is 0 Å². The number of halogens is 1. The zero-order valence-corrected chi connectivity index (χ0v) is 14.5. The van der Waals surface area contributed by atoms with Crippen LogP contribution in [0.1, 0.15) is 17.3 Å². The fourth-order valence-corrected chi connectivity index (χ4v) is 3.23. The first-order valence-corrected chi connectivity index (χ1v) is 8.54. The van der Waals surface area contributed by atoms with E-state index in [-0.39, 0.29) is 17.9 Å². The van der Waals surface area contributed by atoms with Gasteiger partial charge in [-0.05, 0) is 31.2 Å². The Labute approximate surface area is 154 Å². The van der Waals surface area contributed by atoms with Gasteiger partial charge in [0, 0.05) is 21.8 Å². The number of rotatable bonds is 4. The summed E-state index contributed by atoms with van der Waals surface area (Å²) < 4.78 is 18.7. The van der Waals surface area contributed by atoms with E-state index >= 15 is 0 Å². The molecular formula is C21H17FN2O3. The van der Waals surface area contributed by atoms with Gasteiger partial charge in [-0.25, -0.2) is 9.18 Å². The number of nitrogens with one attached hydrogen (secondary N) is 2. The van der Waals surface area contributed by atoms with Crippen molar-refractivity contribution >= 4 is 39.1 Å². The van der Waals surface area contributed by atoms with Crippen LogP contribution < -0.4 is 5.32 Å². The number of fused-ring (bicyclic) bond motifs is 3. The van der Waals surface area contributed by atoms with Crippen molar-refractivity contribution in [2.45, 2.75) is 6.92 Å². The van der Waals surface area contributed by atoms with E-state index in [1.54, 1.807) is 25.1 Å². The lowest BCUT2D eigenvalue weighted by Crippen LogP contribution is -2.07. The number of phenols is 1. The predicted octanol–water partition coefficient (Wildman–Crippen LogP) is 5.09. The molecule has 5 nitrogen and oxygen atoms in total. The molecule has 136 valence electrons. The molecule has 0 aliphatic heterocycles. The number of phenolic OH excluding ortho intramolecular Hbond substituents is 1. The molecule has 3 aromatic carbocycles. The van der Waals surface area contributed by atoms with Gasteiger partial charge in [0.15, 0.2) is 0 Å². The highest BCUT2D eigenvalue weighted by Crippen LogP contribution is 2.38. The number of carbonyl (C=O) groups is 1. The van der Waals surface area contributed by atoms with Gasteiger partial charge in [0.25, 0.3) is 0 Å². The summed E-state index contributed by atoms with van der Waals surface area (Å²) in [6.07, 6.45) is 0. The van der Waals surface area contributed by atoms with Crippen LogP contribution in [0, 0.1) is 5.82 Å². The minimum atomic E-state index is -0.530. The fourth-order valence-electron chi connectivity index (χ4n) is 3.23. The number of aromatic hydroxyl groups is 1. The molecule has 4 rings (SSSR count). The van der Waals surface area contributed by atoms with Crippen LogP contribution in [0.25, 0.3) is 21.7 Å². The van der Waals surface area contributed by atoms with Gasteiger partial charge in [0.2, 0.25) is 0 Å². The van der Waals surface area contributed by atoms with Crippen molar-refractivity contribution in [1.29, 1.82) is 0 Å². The van der Waals surface area contributed by atoms with Crippen molar-refractivity contribution in [2.24, 2.45) is 0 Å². The van der Waals surface area contributed by atoms with Crippen molar-refractivity contribution in [3.05, 3.63) is 66.0 Å². The van der Waals surface area contributed by atoms with E-state index in [0.29, 0.717) is 27.8 Å². The molecule has 0 amide bonds. The Balaban J connectivity index is 1.97. The molecule has 4 aromatic rings. The summed E-state index contributed by atoms with van der Waals surface area (Å²) in [5.41, 5.74) is 1.43. The van der Waals surface area contributed by atoms with Crippen LogP contribution in [0.3, 0.4) is 0 Å². The van der Waals surface area contributed by atoms with Gasteiger partial charge >= 0.3 is 5.97 Å². The van der Waals surface area contributed by atoms with Gasteiger partial charge in [-0.3, -0.25) is 0 Å². The molecule has 0 saturated carbocycles. The smallest absolute Gasteiger partial charge is 0.342 e. The number of ether oxygens (including phenoxy) is 1. The van der Waals surface area contributed by atoms with Crippen molar-refractivity contribution in [2.75, 3.05) is 11.9 Å². The minimum absolute atomic E-state index is 0.0694. The largest absolute Gasteiger partial charge is 0.507 e. The number of anilines is 2. The number of benzene rings is 3. The van der Waals surface area contributed by atoms with E-state index in [4.69, 9.17) is 4.74 Å². The molecule has 0 unspecified atom stereocenters. The maximum absolute atomic E-state index is 13.5. The van der Waals surface area contributed by atoms with Crippen LogP contribution in [-0.2, 0) is 4.74 Å². The van der Waals surface area contributed by atoms with E-state index in [0.717, 1.165) is 5.39 Å². The maximum atomic E-state index is 13.5. The number of aromatic nitrogens is 1. The lowest BCUT2D eigenvalue weighted by Gasteiger charge is -2.08. The molecule has 3 N–H and O–H groups in total. The topological polar surface area (TPSA) is 74.3 Å². The summed E-state index contributed by atoms with van der Waals surface area (Å²) in [6.45, 7) is 1.93. The van der Waals surface area contributed by atoms with Gasteiger partial charge in [-0.2, -0.15) is 0 Å². The first-order valence-electron chi connectivity index (χ1n) is 8.54. The molecule has 0 aliphatic rings. The molecule has 0 atom stereocenters. The Morgan fingerprint density at radius 2 is 1.89 bits per heavy atom. The van der Waals surface area contributed by atoms with Gasteiger partial charge < -0.3 is 20.1 Å². The van der Waals surface area contributed by atoms with Gasteiger partial charge in [-0.1, -0.05) is 30.3 Å². The number of aromatic amines is 1. The highest BCUT2D eigenvalue weighted by Gasteiger charge is 2.22. The molecule has 0 fully saturated rings. The first kappa shape index (κ1) is 16.9. The number of hydrogen-bond acceptors (Lipinski definition) is 4. The number of esters is 1. The highest BCUT2D eigenvalue weighted by molar-refractivity contribution is 6.18. The predicted molar refractivity (Wildman–Crippen MR) is 103 cm³/mol. The molecule has 0 bridgehead atoms. The van der Waals surface area contributed by atoms with Crippen LogP contribution in [0.5, 0.6) is 5.75 Å². The molecule has 1 heterocycles. The second-order valence-electron chi connectivity index (χ2n) is 6.09. The van der Waals surface area contributed by atoms with Crippen molar-refractivity contribution in [3.8, 4) is 5.75 Å². The summed E-state index contributed by atoms with van der Waals surface area (Å²) >= 11 is 0. The fraction of sp³-hybridized carbons (Fsp3) is 0.0952. The zero-order chi connectivity index (χ0) is 19.0. The molecule has 6 heteroatoms. The molecule has 0 aliphatic carbocycles. The number of H-pyrrole nitrogens is 1. The minimum Gasteiger partial charge on any atom is -0.507 e. The lowest BCUT2D eigenvalue weighted by molar-refractivity contribution is 0.0530. The molecule has 1 aromatic heterocycles. The van der Waals surface area contributed by atoms with E-state index in [1.165, 1.54) is 18.2 Å². The molecular weight excluding hydrogens is 347 g/mol. The van der Waals surface area contributed by atoms with E-state index in [1.807, 2.05) is 18.2 Å². The standard InChI is InChI=1S/C21H17FN2O3/c1-2-27-21(26)18-16-11-17(25)14-8-3-4-9-15(14)19(16)24-20(18)23-13-7-5-6-12(22)10-13/h3-11,23-25H,2H2,1H3. The molecule has 0 radical (unpaired) electrons. The molecule has 0 spiro atoms. The third kappa shape index (κ3) is 2.95. The normalized spacial score (nSPS) is 11.0. The van der Waals surface area contributed by atoms with Crippen molar-refractivity contribution in [3.63, 3.8) is 0 Å². The Kier molecular flexibility index (Phi) is 4.16. The monoisotopic (exact) mass is 364 g/mol. The Bertz CT molecular complexity index is 1170. The van der Waals surface area contributed by atoms with Crippen LogP contribution in [0.15, 0.2) is 54.6 Å². The third-order valence-electron chi connectivity index (χ3n) is 4.37. The maximum Gasteiger partial charge on any atom is 0.342 e. The Morgan fingerprint density at radius 1 is 1.11 bits per heavy atom. The van der Waals surface area contributed by atoms with E-state index in [9.17, 15) is 14.3 Å². The van der Waals surface area contributed by atoms with Gasteiger partial charge in [0.1, 0.15) is 22.9 Å². The Hall–Kier alpha value is -3.54. The average molecular weight is 364 g/mol. The third-order valence-corrected chi connectivity index (χ3v) is 4.37. The summed E-state index contributed by atoms with van der Waals surface area (Å²) in [4.78, 5) is 15.8. The molecule has 0 saturated heterocycles. The summed E-state index contributed by atoms with van der Waals surface area (Å²) in [5, 5.41) is 15.4. The van der Waals surface area contributed by atoms with Crippen LogP contribution in [0.4, 0.5) is 15.9 Å². The average Bonchev–Trinajstić information content (AvgIpc) is 3.00. The van der Waals surface area contributed by atoms with Crippen molar-refractivity contribution < 1.29 is 19.0 Å². The molecule has 27 heavy (non-hydrogen) atoms. The number of hydrogen-bond donors (Lipinski definition) is 3. The van der Waals surface area contributed by atoms with Crippen molar-refractivity contribution in [1.82, 2.24) is 4.98 Å². The van der Waals surface area contributed by atoms with Crippen LogP contribution >= 0.6 is 0 Å². The SMILES string of the molecule is CCOC(=O)c1c(Nc2cccc(F)c2)[nH]c2c1cc(O)c1ccccc12. The zero-order valence-electron chi connectivity index (χ0n) is 14.5. The highest BCUT2D eigenvalue weighted by atomic mass is 19.1. The first-order chi connectivity index (χ1) is 13.1. The quantitative estimate of drug-likeness (QED) is 0.441. The van der Waals surface area contributed by atoms with Crippen LogP contribution in [-0.4, -0.2) is 22.7 Å². The van der Waals surface area contributed by atoms with Crippen LogP contribution in [0.2, 0.25) is 0 Å². The van der Waals surface area contributed by atoms with Gasteiger partial charge in [0.05, 0.1) is 12.1 Å². The van der Waals surface area contributed by atoms with E-state index in [2.05, 4.69) is 10.3 Å². The summed E-state index contributed by atoms with van der Waals surface area (Å²) in [5.74, 6) is -0.473. The summed E-state index contributed by atoms with van der Waals surface area (Å²) in [7, 11) is 0. The lowest BCUT2D eigenvalue weighted by atomic mass is 10.0. The Morgan fingerprint density at radius 3 is 2.63 bits per heavy atom. The second kappa shape index (κ2) is 6.64. The van der Waals surface area contributed by atoms with E-state index < -0.39 is 11.8 Å². The summed E-state index contributed by atoms with van der Waals surface area (Å²) in [6, 6.07) is 14.8. The number of carbonyl (C=O) groups excluding carboxylic acids is 1.